The van der Waals surface area contributed by atoms with Crippen LogP contribution in [-0.4, -0.2) is 65.8 Å². The van der Waals surface area contributed by atoms with Crippen molar-refractivity contribution in [2.75, 3.05) is 45.3 Å². The minimum atomic E-state index is -0.0326. The lowest BCUT2D eigenvalue weighted by molar-refractivity contribution is 0.0745. The van der Waals surface area contributed by atoms with Gasteiger partial charge in [0.05, 0.1) is 19.2 Å². The van der Waals surface area contributed by atoms with Crippen LogP contribution in [0.4, 0.5) is 5.95 Å². The number of benzene rings is 1. The van der Waals surface area contributed by atoms with Crippen LogP contribution in [-0.2, 0) is 0 Å². The maximum atomic E-state index is 12.9. The summed E-state index contributed by atoms with van der Waals surface area (Å²) in [5, 5.41) is 8.99. The Morgan fingerprint density at radius 2 is 1.79 bits per heavy atom. The summed E-state index contributed by atoms with van der Waals surface area (Å²) in [5.41, 5.74) is 1.20. The predicted molar refractivity (Wildman–Crippen MR) is 106 cm³/mol. The number of pyridine rings is 1. The van der Waals surface area contributed by atoms with Gasteiger partial charge in [-0.15, -0.1) is 10.2 Å². The van der Waals surface area contributed by atoms with Crippen LogP contribution < -0.4 is 14.4 Å². The lowest BCUT2D eigenvalue weighted by Gasteiger charge is -2.34. The average Bonchev–Trinajstić information content (AvgIpc) is 3.18. The fourth-order valence-electron chi connectivity index (χ4n) is 3.35. The molecule has 1 aliphatic heterocycles. The lowest BCUT2D eigenvalue weighted by atomic mass is 10.1. The predicted octanol–water partition coefficient (Wildman–Crippen LogP) is 2.36. The molecule has 1 fully saturated rings. The molecule has 0 unspecified atom stereocenters. The number of hydrogen-bond donors (Lipinski definition) is 0. The van der Waals surface area contributed by atoms with Crippen LogP contribution in [0.15, 0.2) is 36.5 Å². The first-order valence-electron chi connectivity index (χ1n) is 8.88. The smallest absolute Gasteiger partial charge is 0.254 e. The number of methoxy groups -OCH3 is 2. The Balaban J connectivity index is 1.48. The van der Waals surface area contributed by atoms with E-state index >= 15 is 0 Å². The van der Waals surface area contributed by atoms with Crippen molar-refractivity contribution in [3.8, 4) is 11.5 Å². The summed E-state index contributed by atoms with van der Waals surface area (Å²) in [6.07, 6.45) is 1.89. The van der Waals surface area contributed by atoms with Gasteiger partial charge in [0.25, 0.3) is 5.91 Å². The number of carbonyl (C=O) groups is 1. The maximum absolute atomic E-state index is 12.9. The quantitative estimate of drug-likeness (QED) is 0.668. The molecule has 0 radical (unpaired) electrons. The molecular formula is C19H20ClN5O3. The minimum absolute atomic E-state index is 0.0326. The number of piperazine rings is 1. The number of carbonyl (C=O) groups excluding carboxylic acids is 1. The molecule has 1 aromatic carbocycles. The van der Waals surface area contributed by atoms with Crippen LogP contribution in [0.5, 0.6) is 11.5 Å². The highest BCUT2D eigenvalue weighted by Crippen LogP contribution is 2.28. The van der Waals surface area contributed by atoms with Gasteiger partial charge in [-0.05, 0) is 30.3 Å². The van der Waals surface area contributed by atoms with E-state index in [2.05, 4.69) is 15.1 Å². The maximum Gasteiger partial charge on any atom is 0.254 e. The number of hydrogen-bond acceptors (Lipinski definition) is 6. The molecule has 146 valence electrons. The zero-order chi connectivity index (χ0) is 19.7. The first-order valence-corrected chi connectivity index (χ1v) is 9.25. The third-order valence-electron chi connectivity index (χ3n) is 4.85. The Bertz CT molecular complexity index is 1010. The number of rotatable bonds is 4. The number of halogens is 1. The van der Waals surface area contributed by atoms with Gasteiger partial charge in [-0.25, -0.2) is 0 Å². The highest BCUT2D eigenvalue weighted by atomic mass is 35.5. The van der Waals surface area contributed by atoms with Crippen LogP contribution in [0.25, 0.3) is 5.65 Å². The molecule has 4 rings (SSSR count). The van der Waals surface area contributed by atoms with Crippen LogP contribution in [0.2, 0.25) is 5.02 Å². The number of anilines is 1. The molecule has 0 bridgehead atoms. The van der Waals surface area contributed by atoms with E-state index in [0.29, 0.717) is 53.9 Å². The molecule has 28 heavy (non-hydrogen) atoms. The van der Waals surface area contributed by atoms with Crippen molar-refractivity contribution in [3.05, 3.63) is 47.1 Å². The SMILES string of the molecule is COc1ccc(C(=O)N2CCN(c3nnc4c(Cl)cccn34)CC2)cc1OC. The second-order valence-electron chi connectivity index (χ2n) is 6.40. The van der Waals surface area contributed by atoms with Crippen molar-refractivity contribution in [2.45, 2.75) is 0 Å². The molecule has 8 nitrogen and oxygen atoms in total. The molecule has 1 aliphatic rings. The van der Waals surface area contributed by atoms with E-state index in [9.17, 15) is 4.79 Å². The van der Waals surface area contributed by atoms with Gasteiger partial charge in [-0.1, -0.05) is 11.6 Å². The van der Waals surface area contributed by atoms with Gasteiger partial charge < -0.3 is 19.3 Å². The van der Waals surface area contributed by atoms with Crippen molar-refractivity contribution in [2.24, 2.45) is 0 Å². The average molecular weight is 402 g/mol. The van der Waals surface area contributed by atoms with Gasteiger partial charge >= 0.3 is 0 Å². The van der Waals surface area contributed by atoms with Gasteiger partial charge in [0.1, 0.15) is 0 Å². The van der Waals surface area contributed by atoms with Crippen LogP contribution in [0.1, 0.15) is 10.4 Å². The molecule has 0 saturated carbocycles. The zero-order valence-electron chi connectivity index (χ0n) is 15.6. The number of amides is 1. The topological polar surface area (TPSA) is 72.2 Å². The largest absolute Gasteiger partial charge is 0.493 e. The Hall–Kier alpha value is -3.00. The molecule has 3 aromatic rings. The van der Waals surface area contributed by atoms with Gasteiger partial charge in [0.15, 0.2) is 17.1 Å². The van der Waals surface area contributed by atoms with Crippen molar-refractivity contribution in [3.63, 3.8) is 0 Å². The number of aromatic nitrogens is 3. The zero-order valence-corrected chi connectivity index (χ0v) is 16.4. The van der Waals surface area contributed by atoms with Crippen molar-refractivity contribution in [1.29, 1.82) is 0 Å². The molecule has 0 spiro atoms. The Kier molecular flexibility index (Phi) is 4.95. The molecule has 9 heteroatoms. The van der Waals surface area contributed by atoms with Gasteiger partial charge in [0, 0.05) is 37.9 Å². The lowest BCUT2D eigenvalue weighted by Crippen LogP contribution is -2.49. The van der Waals surface area contributed by atoms with Gasteiger partial charge in [-0.3, -0.25) is 9.20 Å². The van der Waals surface area contributed by atoms with E-state index in [-0.39, 0.29) is 5.91 Å². The monoisotopic (exact) mass is 401 g/mol. The molecule has 3 heterocycles. The standard InChI is InChI=1S/C19H20ClN5O3/c1-27-15-6-5-13(12-16(15)28-2)18(26)23-8-10-24(11-9-23)19-22-21-17-14(20)4-3-7-25(17)19/h3-7,12H,8-11H2,1-2H3. The van der Waals surface area contributed by atoms with Crippen molar-refractivity contribution < 1.29 is 14.3 Å². The summed E-state index contributed by atoms with van der Waals surface area (Å²) in [7, 11) is 3.12. The molecule has 2 aromatic heterocycles. The van der Waals surface area contributed by atoms with E-state index in [1.54, 1.807) is 38.5 Å². The normalized spacial score (nSPS) is 14.4. The highest BCUT2D eigenvalue weighted by molar-refractivity contribution is 6.33. The van der Waals surface area contributed by atoms with E-state index in [1.165, 1.54) is 0 Å². The molecule has 1 amide bonds. The van der Waals surface area contributed by atoms with Crippen LogP contribution in [0.3, 0.4) is 0 Å². The Labute approximate surface area is 167 Å². The molecular weight excluding hydrogens is 382 g/mol. The van der Waals surface area contributed by atoms with Crippen LogP contribution >= 0.6 is 11.6 Å². The third-order valence-corrected chi connectivity index (χ3v) is 5.14. The first-order chi connectivity index (χ1) is 13.6. The van der Waals surface area contributed by atoms with Gasteiger partial charge in [-0.2, -0.15) is 0 Å². The summed E-state index contributed by atoms with van der Waals surface area (Å²) < 4.78 is 12.4. The number of fused-ring (bicyclic) bond motifs is 1. The summed E-state index contributed by atoms with van der Waals surface area (Å²) >= 11 is 6.17. The van der Waals surface area contributed by atoms with E-state index < -0.39 is 0 Å². The number of ether oxygens (including phenoxy) is 2. The summed E-state index contributed by atoms with van der Waals surface area (Å²) in [4.78, 5) is 16.8. The third kappa shape index (κ3) is 3.20. The van der Waals surface area contributed by atoms with E-state index in [4.69, 9.17) is 21.1 Å². The van der Waals surface area contributed by atoms with E-state index in [0.717, 1.165) is 5.95 Å². The fraction of sp³-hybridized carbons (Fsp3) is 0.316. The molecule has 0 aliphatic carbocycles. The molecule has 1 saturated heterocycles. The van der Waals surface area contributed by atoms with Crippen molar-refractivity contribution >= 4 is 29.1 Å². The molecule has 0 atom stereocenters. The van der Waals surface area contributed by atoms with Gasteiger partial charge in [0.2, 0.25) is 5.95 Å². The summed E-state index contributed by atoms with van der Waals surface area (Å²) in [5.74, 6) is 1.84. The molecule has 0 N–H and O–H groups in total. The fourth-order valence-corrected chi connectivity index (χ4v) is 3.55. The van der Waals surface area contributed by atoms with Crippen LogP contribution in [0, 0.1) is 0 Å². The summed E-state index contributed by atoms with van der Waals surface area (Å²) in [6, 6.07) is 8.86. The Morgan fingerprint density at radius 1 is 1.04 bits per heavy atom. The van der Waals surface area contributed by atoms with E-state index in [1.807, 2.05) is 21.6 Å². The van der Waals surface area contributed by atoms with Crippen molar-refractivity contribution in [1.82, 2.24) is 19.5 Å². The first kappa shape index (κ1) is 18.4. The second kappa shape index (κ2) is 7.55. The minimum Gasteiger partial charge on any atom is -0.493 e. The Morgan fingerprint density at radius 3 is 2.50 bits per heavy atom. The highest BCUT2D eigenvalue weighted by Gasteiger charge is 2.25. The number of nitrogens with zero attached hydrogens (tertiary/aromatic N) is 5. The summed E-state index contributed by atoms with van der Waals surface area (Å²) in [6.45, 7) is 2.49. The second-order valence-corrected chi connectivity index (χ2v) is 6.81.